The fraction of sp³-hybridized carbons (Fsp3) is 0.316. The molecule has 2 rings (SSSR count). The van der Waals surface area contributed by atoms with E-state index in [0.717, 1.165) is 36.8 Å². The van der Waals surface area contributed by atoms with E-state index in [-0.39, 0.29) is 5.82 Å². The minimum absolute atomic E-state index is 0.268. The number of benzene rings is 2. The van der Waals surface area contributed by atoms with Crippen LogP contribution in [0.3, 0.4) is 0 Å². The molecule has 0 spiro atoms. The molecule has 0 saturated heterocycles. The monoisotopic (exact) mass is 316 g/mol. The zero-order valence-corrected chi connectivity index (χ0v) is 13.3. The Morgan fingerprint density at radius 1 is 0.913 bits per heavy atom. The summed E-state index contributed by atoms with van der Waals surface area (Å²) in [6, 6.07) is 13.2. The van der Waals surface area contributed by atoms with E-state index in [2.05, 4.69) is 6.92 Å². The van der Waals surface area contributed by atoms with Crippen molar-refractivity contribution in [3.8, 4) is 16.9 Å². The summed E-state index contributed by atoms with van der Waals surface area (Å²) < 4.78 is 23.0. The Labute approximate surface area is 136 Å². The molecule has 0 unspecified atom stereocenters. The summed E-state index contributed by atoms with van der Waals surface area (Å²) in [5.74, 6) is 0.157. The molecule has 0 aliphatic heterocycles. The Morgan fingerprint density at radius 3 is 2.13 bits per heavy atom. The highest BCUT2D eigenvalue weighted by Gasteiger charge is 2.06. The van der Waals surface area contributed by atoms with E-state index >= 15 is 0 Å². The molecule has 0 aromatic heterocycles. The van der Waals surface area contributed by atoms with Crippen LogP contribution < -0.4 is 4.74 Å². The van der Waals surface area contributed by atoms with Crippen molar-refractivity contribution in [2.75, 3.05) is 6.61 Å². The molecule has 0 radical (unpaired) electrons. The predicted molar refractivity (Wildman–Crippen MR) is 88.0 cm³/mol. The standard InChI is InChI=1S/C19H21FO3/c1-2-3-4-5-14-22-19(21)23-18-12-8-16(9-13-18)15-6-10-17(20)11-7-15/h6-13H,2-5,14H2,1H3. The molecule has 0 amide bonds. The number of halogens is 1. The molecule has 122 valence electrons. The van der Waals surface area contributed by atoms with Gasteiger partial charge in [-0.1, -0.05) is 50.5 Å². The van der Waals surface area contributed by atoms with Gasteiger partial charge in [-0.05, 0) is 41.8 Å². The van der Waals surface area contributed by atoms with Crippen LogP contribution in [0, 0.1) is 5.82 Å². The largest absolute Gasteiger partial charge is 0.513 e. The van der Waals surface area contributed by atoms with Gasteiger partial charge in [0.15, 0.2) is 0 Å². The minimum Gasteiger partial charge on any atom is -0.434 e. The van der Waals surface area contributed by atoms with E-state index in [1.54, 1.807) is 24.3 Å². The molecule has 0 atom stereocenters. The number of ether oxygens (including phenoxy) is 2. The highest BCUT2D eigenvalue weighted by atomic mass is 19.1. The van der Waals surface area contributed by atoms with Gasteiger partial charge in [-0.15, -0.1) is 0 Å². The molecule has 4 heteroatoms. The van der Waals surface area contributed by atoms with Gasteiger partial charge in [-0.2, -0.15) is 0 Å². The van der Waals surface area contributed by atoms with Gasteiger partial charge >= 0.3 is 6.16 Å². The maximum Gasteiger partial charge on any atom is 0.513 e. The van der Waals surface area contributed by atoms with Crippen molar-refractivity contribution in [1.29, 1.82) is 0 Å². The first-order chi connectivity index (χ1) is 11.2. The molecule has 2 aromatic rings. The molecule has 0 N–H and O–H groups in total. The number of unbranched alkanes of at least 4 members (excludes halogenated alkanes) is 3. The van der Waals surface area contributed by atoms with E-state index in [1.807, 2.05) is 12.1 Å². The van der Waals surface area contributed by atoms with Crippen molar-refractivity contribution in [2.45, 2.75) is 32.6 Å². The van der Waals surface area contributed by atoms with Crippen LogP contribution >= 0.6 is 0 Å². The number of carbonyl (C=O) groups excluding carboxylic acids is 1. The van der Waals surface area contributed by atoms with Crippen molar-refractivity contribution >= 4 is 6.16 Å². The van der Waals surface area contributed by atoms with Crippen LogP contribution in [0.15, 0.2) is 48.5 Å². The second kappa shape index (κ2) is 8.93. The lowest BCUT2D eigenvalue weighted by molar-refractivity contribution is 0.0973. The van der Waals surface area contributed by atoms with Crippen molar-refractivity contribution < 1.29 is 18.7 Å². The third-order valence-corrected chi connectivity index (χ3v) is 3.45. The third-order valence-electron chi connectivity index (χ3n) is 3.45. The lowest BCUT2D eigenvalue weighted by atomic mass is 10.1. The van der Waals surface area contributed by atoms with Gasteiger partial charge in [-0.25, -0.2) is 9.18 Å². The van der Waals surface area contributed by atoms with Gasteiger partial charge in [0, 0.05) is 0 Å². The summed E-state index contributed by atoms with van der Waals surface area (Å²) in [7, 11) is 0. The van der Waals surface area contributed by atoms with E-state index in [1.165, 1.54) is 12.1 Å². The molecular formula is C19H21FO3. The molecule has 23 heavy (non-hydrogen) atoms. The summed E-state index contributed by atoms with van der Waals surface area (Å²) in [4.78, 5) is 11.6. The zero-order chi connectivity index (χ0) is 16.5. The lowest BCUT2D eigenvalue weighted by Gasteiger charge is -2.07. The predicted octanol–water partition coefficient (Wildman–Crippen LogP) is 5.59. The smallest absolute Gasteiger partial charge is 0.434 e. The lowest BCUT2D eigenvalue weighted by Crippen LogP contribution is -2.11. The third kappa shape index (κ3) is 5.74. The van der Waals surface area contributed by atoms with Crippen LogP contribution in [0.2, 0.25) is 0 Å². The Bertz CT molecular complexity index is 606. The maximum absolute atomic E-state index is 12.9. The summed E-state index contributed by atoms with van der Waals surface area (Å²) in [5, 5.41) is 0. The quantitative estimate of drug-likeness (QED) is 0.379. The second-order valence-corrected chi connectivity index (χ2v) is 5.29. The zero-order valence-electron chi connectivity index (χ0n) is 13.3. The van der Waals surface area contributed by atoms with Crippen molar-refractivity contribution in [3.05, 3.63) is 54.3 Å². The average molecular weight is 316 g/mol. The van der Waals surface area contributed by atoms with E-state index in [9.17, 15) is 9.18 Å². The van der Waals surface area contributed by atoms with Gasteiger partial charge in [0.25, 0.3) is 0 Å². The first kappa shape index (κ1) is 17.0. The molecule has 0 saturated carbocycles. The average Bonchev–Trinajstić information content (AvgIpc) is 2.56. The van der Waals surface area contributed by atoms with Crippen molar-refractivity contribution in [2.24, 2.45) is 0 Å². The Morgan fingerprint density at radius 2 is 1.52 bits per heavy atom. The maximum atomic E-state index is 12.9. The van der Waals surface area contributed by atoms with Gasteiger partial charge in [0.2, 0.25) is 0 Å². The number of carbonyl (C=O) groups is 1. The normalized spacial score (nSPS) is 10.3. The molecule has 0 aliphatic carbocycles. The first-order valence-electron chi connectivity index (χ1n) is 7.89. The highest BCUT2D eigenvalue weighted by molar-refractivity contribution is 5.67. The van der Waals surface area contributed by atoms with Crippen LogP contribution in [0.4, 0.5) is 9.18 Å². The van der Waals surface area contributed by atoms with E-state index < -0.39 is 6.16 Å². The van der Waals surface area contributed by atoms with Crippen LogP contribution in [0.1, 0.15) is 32.6 Å². The first-order valence-corrected chi connectivity index (χ1v) is 7.89. The fourth-order valence-corrected chi connectivity index (χ4v) is 2.17. The Hall–Kier alpha value is -2.36. The molecule has 3 nitrogen and oxygen atoms in total. The summed E-state index contributed by atoms with van der Waals surface area (Å²) >= 11 is 0. The highest BCUT2D eigenvalue weighted by Crippen LogP contribution is 2.22. The Kier molecular flexibility index (Phi) is 6.60. The van der Waals surface area contributed by atoms with Crippen LogP contribution in [-0.2, 0) is 4.74 Å². The second-order valence-electron chi connectivity index (χ2n) is 5.29. The molecule has 0 fully saturated rings. The summed E-state index contributed by atoms with van der Waals surface area (Å²) in [6.45, 7) is 2.51. The number of hydrogen-bond acceptors (Lipinski definition) is 3. The fourth-order valence-electron chi connectivity index (χ4n) is 2.17. The van der Waals surface area contributed by atoms with Gasteiger partial charge in [-0.3, -0.25) is 0 Å². The minimum atomic E-state index is -0.684. The van der Waals surface area contributed by atoms with Gasteiger partial charge in [0.05, 0.1) is 6.61 Å². The van der Waals surface area contributed by atoms with Gasteiger partial charge in [0.1, 0.15) is 11.6 Å². The molecule has 0 bridgehead atoms. The van der Waals surface area contributed by atoms with Crippen LogP contribution in [-0.4, -0.2) is 12.8 Å². The SMILES string of the molecule is CCCCCCOC(=O)Oc1ccc(-c2ccc(F)cc2)cc1. The molecule has 2 aromatic carbocycles. The van der Waals surface area contributed by atoms with Crippen molar-refractivity contribution in [1.82, 2.24) is 0 Å². The number of rotatable bonds is 7. The molecular weight excluding hydrogens is 295 g/mol. The van der Waals surface area contributed by atoms with E-state index in [4.69, 9.17) is 9.47 Å². The topological polar surface area (TPSA) is 35.5 Å². The summed E-state index contributed by atoms with van der Waals surface area (Å²) in [5.41, 5.74) is 1.82. The van der Waals surface area contributed by atoms with Gasteiger partial charge < -0.3 is 9.47 Å². The van der Waals surface area contributed by atoms with Crippen LogP contribution in [0.25, 0.3) is 11.1 Å². The summed E-state index contributed by atoms with van der Waals surface area (Å²) in [6.07, 6.45) is 3.51. The van der Waals surface area contributed by atoms with Crippen molar-refractivity contribution in [3.63, 3.8) is 0 Å². The molecule has 0 heterocycles. The van der Waals surface area contributed by atoms with E-state index in [0.29, 0.717) is 12.4 Å². The Balaban J connectivity index is 1.82. The number of hydrogen-bond donors (Lipinski definition) is 0. The molecule has 0 aliphatic rings. The van der Waals surface area contributed by atoms with Crippen LogP contribution in [0.5, 0.6) is 5.75 Å².